The lowest BCUT2D eigenvalue weighted by Crippen LogP contribution is -2.48. The Bertz CT molecular complexity index is 391. The molecule has 2 N–H and O–H groups in total. The molecule has 2 unspecified atom stereocenters. The van der Waals surface area contributed by atoms with Gasteiger partial charge in [-0.3, -0.25) is 4.90 Å². The van der Waals surface area contributed by atoms with Gasteiger partial charge in [-0.05, 0) is 59.2 Å². The topological polar surface area (TPSA) is 29.3 Å². The minimum Gasteiger partial charge on any atom is -0.326 e. The van der Waals surface area contributed by atoms with Crippen molar-refractivity contribution in [3.63, 3.8) is 0 Å². The Kier molecular flexibility index (Phi) is 4.15. The predicted molar refractivity (Wildman–Crippen MR) is 80.1 cm³/mol. The maximum atomic E-state index is 6.47. The van der Waals surface area contributed by atoms with Crippen molar-refractivity contribution >= 4 is 11.3 Å². The van der Waals surface area contributed by atoms with Crippen molar-refractivity contribution in [1.82, 2.24) is 4.90 Å². The first-order chi connectivity index (χ1) is 8.39. The maximum Gasteiger partial charge on any atom is 0.0597 e. The van der Waals surface area contributed by atoms with Crippen molar-refractivity contribution < 1.29 is 0 Å². The fourth-order valence-corrected chi connectivity index (χ4v) is 3.99. The van der Waals surface area contributed by atoms with Gasteiger partial charge in [0.1, 0.15) is 0 Å². The fourth-order valence-electron chi connectivity index (χ4n) is 2.92. The molecule has 1 saturated heterocycles. The predicted octanol–water partition coefficient (Wildman–Crippen LogP) is 3.71. The Morgan fingerprint density at radius 3 is 2.56 bits per heavy atom. The summed E-state index contributed by atoms with van der Waals surface area (Å²) < 4.78 is 0. The highest BCUT2D eigenvalue weighted by Gasteiger charge is 2.35. The second kappa shape index (κ2) is 5.32. The molecule has 18 heavy (non-hydrogen) atoms. The van der Waals surface area contributed by atoms with Gasteiger partial charge in [0.25, 0.3) is 0 Å². The number of hydrogen-bond acceptors (Lipinski definition) is 3. The third-order valence-electron chi connectivity index (χ3n) is 3.84. The van der Waals surface area contributed by atoms with Gasteiger partial charge in [-0.25, -0.2) is 0 Å². The van der Waals surface area contributed by atoms with Crippen molar-refractivity contribution in [2.45, 2.75) is 64.6 Å². The summed E-state index contributed by atoms with van der Waals surface area (Å²) in [6, 6.07) is 5.16. The van der Waals surface area contributed by atoms with E-state index >= 15 is 0 Å². The Labute approximate surface area is 115 Å². The molecule has 0 saturated carbocycles. The van der Waals surface area contributed by atoms with Gasteiger partial charge in [0, 0.05) is 21.3 Å². The Balaban J connectivity index is 2.35. The zero-order valence-corrected chi connectivity index (χ0v) is 12.9. The van der Waals surface area contributed by atoms with Crippen molar-refractivity contribution in [2.24, 2.45) is 5.73 Å². The molecule has 1 aliphatic heterocycles. The number of hydrogen-bond donors (Lipinski definition) is 1. The summed E-state index contributed by atoms with van der Waals surface area (Å²) in [6.07, 6.45) is 3.68. The quantitative estimate of drug-likeness (QED) is 0.839. The lowest BCUT2D eigenvalue weighted by atomic mass is 9.97. The van der Waals surface area contributed by atoms with E-state index < -0.39 is 0 Å². The van der Waals surface area contributed by atoms with E-state index in [0.29, 0.717) is 6.04 Å². The van der Waals surface area contributed by atoms with E-state index in [1.807, 2.05) is 11.3 Å². The van der Waals surface area contributed by atoms with Gasteiger partial charge < -0.3 is 5.73 Å². The van der Waals surface area contributed by atoms with Crippen LogP contribution >= 0.6 is 11.3 Å². The summed E-state index contributed by atoms with van der Waals surface area (Å²) in [5, 5.41) is 0. The summed E-state index contributed by atoms with van der Waals surface area (Å²) in [6.45, 7) is 10.3. The number of aryl methyl sites for hydroxylation is 1. The van der Waals surface area contributed by atoms with Gasteiger partial charge in [-0.15, -0.1) is 11.3 Å². The smallest absolute Gasteiger partial charge is 0.0597 e. The van der Waals surface area contributed by atoms with Crippen LogP contribution in [0, 0.1) is 6.92 Å². The van der Waals surface area contributed by atoms with Gasteiger partial charge in [0.05, 0.1) is 6.04 Å². The van der Waals surface area contributed by atoms with Gasteiger partial charge in [0.2, 0.25) is 0 Å². The molecule has 0 bridgehead atoms. The van der Waals surface area contributed by atoms with Crippen LogP contribution in [0.4, 0.5) is 0 Å². The van der Waals surface area contributed by atoms with E-state index in [-0.39, 0.29) is 11.6 Å². The lowest BCUT2D eigenvalue weighted by molar-refractivity contribution is 0.0774. The average Bonchev–Trinajstić information content (AvgIpc) is 2.56. The van der Waals surface area contributed by atoms with Crippen LogP contribution in [0.25, 0.3) is 0 Å². The minimum absolute atomic E-state index is 0.185. The molecule has 1 fully saturated rings. The summed E-state index contributed by atoms with van der Waals surface area (Å²) >= 11 is 1.91. The minimum atomic E-state index is 0.185. The molecule has 0 aliphatic carbocycles. The lowest BCUT2D eigenvalue weighted by Gasteiger charge is -2.42. The van der Waals surface area contributed by atoms with Crippen LogP contribution in [-0.2, 0) is 0 Å². The van der Waals surface area contributed by atoms with Crippen LogP contribution in [0.1, 0.15) is 55.8 Å². The molecule has 102 valence electrons. The average molecular weight is 266 g/mol. The van der Waals surface area contributed by atoms with E-state index in [0.717, 1.165) is 6.42 Å². The SMILES string of the molecule is Cc1ccc(C2C(N)CCCCN2C(C)(C)C)s1. The first kappa shape index (κ1) is 14.0. The number of rotatable bonds is 1. The molecule has 0 spiro atoms. The van der Waals surface area contributed by atoms with Crippen LogP contribution in [-0.4, -0.2) is 23.0 Å². The van der Waals surface area contributed by atoms with E-state index in [4.69, 9.17) is 5.73 Å². The van der Waals surface area contributed by atoms with Crippen molar-refractivity contribution in [3.8, 4) is 0 Å². The molecule has 2 heterocycles. The van der Waals surface area contributed by atoms with Gasteiger partial charge in [0.15, 0.2) is 0 Å². The third-order valence-corrected chi connectivity index (χ3v) is 4.91. The Morgan fingerprint density at radius 1 is 1.28 bits per heavy atom. The van der Waals surface area contributed by atoms with Gasteiger partial charge in [-0.2, -0.15) is 0 Å². The van der Waals surface area contributed by atoms with Crippen LogP contribution in [0.5, 0.6) is 0 Å². The number of thiophene rings is 1. The molecular formula is C15H26N2S. The highest BCUT2D eigenvalue weighted by Crippen LogP contribution is 2.37. The Hall–Kier alpha value is -0.380. The highest BCUT2D eigenvalue weighted by molar-refractivity contribution is 7.12. The largest absolute Gasteiger partial charge is 0.326 e. The van der Waals surface area contributed by atoms with Gasteiger partial charge in [-0.1, -0.05) is 6.42 Å². The summed E-state index contributed by atoms with van der Waals surface area (Å²) in [4.78, 5) is 5.43. The summed E-state index contributed by atoms with van der Waals surface area (Å²) in [5.74, 6) is 0. The zero-order valence-electron chi connectivity index (χ0n) is 12.1. The van der Waals surface area contributed by atoms with E-state index in [2.05, 4.69) is 44.7 Å². The normalized spacial score (nSPS) is 27.2. The molecule has 0 aromatic carbocycles. The number of nitrogens with two attached hydrogens (primary N) is 1. The van der Waals surface area contributed by atoms with Crippen molar-refractivity contribution in [2.75, 3.05) is 6.54 Å². The zero-order chi connectivity index (χ0) is 13.3. The van der Waals surface area contributed by atoms with Crippen molar-refractivity contribution in [1.29, 1.82) is 0 Å². The molecule has 0 amide bonds. The van der Waals surface area contributed by atoms with Crippen LogP contribution in [0.2, 0.25) is 0 Å². The number of likely N-dealkylation sites (tertiary alicyclic amines) is 1. The van der Waals surface area contributed by atoms with E-state index in [1.54, 1.807) is 0 Å². The monoisotopic (exact) mass is 266 g/mol. The fraction of sp³-hybridized carbons (Fsp3) is 0.733. The molecule has 2 rings (SSSR count). The first-order valence-electron chi connectivity index (χ1n) is 6.98. The molecule has 3 heteroatoms. The van der Waals surface area contributed by atoms with Crippen LogP contribution in [0.3, 0.4) is 0 Å². The third kappa shape index (κ3) is 2.95. The summed E-state index contributed by atoms with van der Waals surface area (Å²) in [5.41, 5.74) is 6.66. The number of nitrogens with zero attached hydrogens (tertiary/aromatic N) is 1. The van der Waals surface area contributed by atoms with Gasteiger partial charge >= 0.3 is 0 Å². The van der Waals surface area contributed by atoms with E-state index in [9.17, 15) is 0 Å². The highest BCUT2D eigenvalue weighted by atomic mass is 32.1. The molecule has 2 atom stereocenters. The molecule has 1 aliphatic rings. The van der Waals surface area contributed by atoms with Crippen LogP contribution < -0.4 is 5.73 Å². The summed E-state index contributed by atoms with van der Waals surface area (Å²) in [7, 11) is 0. The van der Waals surface area contributed by atoms with E-state index in [1.165, 1.54) is 29.1 Å². The Morgan fingerprint density at radius 2 is 2.00 bits per heavy atom. The maximum absolute atomic E-state index is 6.47. The molecule has 2 nitrogen and oxygen atoms in total. The molecule has 0 radical (unpaired) electrons. The molecule has 1 aromatic heterocycles. The molecular weight excluding hydrogens is 240 g/mol. The second-order valence-electron chi connectivity index (χ2n) is 6.42. The standard InChI is InChI=1S/C15H26N2S/c1-11-8-9-13(18-11)14-12(16)7-5-6-10-17(14)15(2,3)4/h8-9,12,14H,5-7,10,16H2,1-4H3. The first-order valence-corrected chi connectivity index (χ1v) is 7.80. The molecule has 1 aromatic rings. The van der Waals surface area contributed by atoms with Crippen molar-refractivity contribution in [3.05, 3.63) is 21.9 Å². The second-order valence-corrected chi connectivity index (χ2v) is 7.74. The van der Waals surface area contributed by atoms with Crippen LogP contribution in [0.15, 0.2) is 12.1 Å².